The molecule has 1 aliphatic rings. The van der Waals surface area contributed by atoms with Crippen molar-refractivity contribution in [2.24, 2.45) is 0 Å². The van der Waals surface area contributed by atoms with E-state index in [0.29, 0.717) is 17.9 Å². The molecule has 0 saturated carbocycles. The molecular weight excluding hydrogens is 268 g/mol. The van der Waals surface area contributed by atoms with Crippen molar-refractivity contribution < 1.29 is 5.11 Å². The quantitative estimate of drug-likeness (QED) is 0.776. The molecule has 2 heterocycles. The van der Waals surface area contributed by atoms with E-state index >= 15 is 0 Å². The molecule has 7 heteroatoms. The first-order valence-corrected chi connectivity index (χ1v) is 7.83. The molecule has 0 amide bonds. The average molecular weight is 294 g/mol. The number of nitrogens with zero attached hydrogens (tertiary/aromatic N) is 5. The van der Waals surface area contributed by atoms with Gasteiger partial charge in [0.15, 0.2) is 0 Å². The van der Waals surface area contributed by atoms with Gasteiger partial charge in [-0.2, -0.15) is 15.0 Å². The highest BCUT2D eigenvalue weighted by atomic mass is 16.2. The van der Waals surface area contributed by atoms with Crippen molar-refractivity contribution >= 4 is 17.8 Å². The predicted molar refractivity (Wildman–Crippen MR) is 84.5 cm³/mol. The highest BCUT2D eigenvalue weighted by Crippen LogP contribution is 2.26. The van der Waals surface area contributed by atoms with E-state index in [1.54, 1.807) is 0 Å². The van der Waals surface area contributed by atoms with Crippen molar-refractivity contribution in [1.29, 1.82) is 0 Å². The Morgan fingerprint density at radius 1 is 1.29 bits per heavy atom. The Bertz CT molecular complexity index is 451. The first-order valence-electron chi connectivity index (χ1n) is 7.83. The van der Waals surface area contributed by atoms with E-state index in [0.717, 1.165) is 45.3 Å². The number of nitrogen functional groups attached to an aromatic ring is 1. The smallest absolute Gasteiger partial charge is 0.232 e. The molecule has 0 spiro atoms. The Hall–Kier alpha value is -1.63. The van der Waals surface area contributed by atoms with Crippen molar-refractivity contribution in [1.82, 2.24) is 15.0 Å². The SMILES string of the molecule is CCN(CC)c1nc(N)nc(N2CCCC2CCCO)n1. The van der Waals surface area contributed by atoms with Gasteiger partial charge < -0.3 is 20.6 Å². The van der Waals surface area contributed by atoms with Crippen LogP contribution in [0.2, 0.25) is 0 Å². The maximum atomic E-state index is 9.02. The van der Waals surface area contributed by atoms with Crippen molar-refractivity contribution in [2.45, 2.75) is 45.6 Å². The van der Waals surface area contributed by atoms with E-state index in [-0.39, 0.29) is 12.6 Å². The number of hydrogen-bond donors (Lipinski definition) is 2. The number of nitrogens with two attached hydrogens (primary N) is 1. The van der Waals surface area contributed by atoms with Crippen LogP contribution < -0.4 is 15.5 Å². The fourth-order valence-electron chi connectivity index (χ4n) is 2.87. The third kappa shape index (κ3) is 3.72. The van der Waals surface area contributed by atoms with Crippen molar-refractivity contribution in [3.63, 3.8) is 0 Å². The minimum absolute atomic E-state index is 0.231. The first-order chi connectivity index (χ1) is 10.2. The van der Waals surface area contributed by atoms with Gasteiger partial charge in [-0.15, -0.1) is 0 Å². The van der Waals surface area contributed by atoms with Crippen molar-refractivity contribution in [3.8, 4) is 0 Å². The van der Waals surface area contributed by atoms with Crippen LogP contribution in [0.15, 0.2) is 0 Å². The number of hydrogen-bond acceptors (Lipinski definition) is 7. The van der Waals surface area contributed by atoms with E-state index < -0.39 is 0 Å². The van der Waals surface area contributed by atoms with Gasteiger partial charge in [-0.1, -0.05) is 0 Å². The summed E-state index contributed by atoms with van der Waals surface area (Å²) in [7, 11) is 0. The lowest BCUT2D eigenvalue weighted by Gasteiger charge is -2.26. The zero-order valence-corrected chi connectivity index (χ0v) is 13.0. The minimum atomic E-state index is 0.231. The number of rotatable bonds is 7. The lowest BCUT2D eigenvalue weighted by molar-refractivity contribution is 0.279. The van der Waals surface area contributed by atoms with Crippen LogP contribution >= 0.6 is 0 Å². The molecule has 1 unspecified atom stereocenters. The second kappa shape index (κ2) is 7.40. The summed E-state index contributed by atoms with van der Waals surface area (Å²) in [6.45, 7) is 7.00. The molecule has 1 atom stereocenters. The van der Waals surface area contributed by atoms with Crippen LogP contribution in [-0.4, -0.2) is 52.3 Å². The van der Waals surface area contributed by atoms with Gasteiger partial charge >= 0.3 is 0 Å². The molecule has 0 radical (unpaired) electrons. The van der Waals surface area contributed by atoms with Crippen molar-refractivity contribution in [3.05, 3.63) is 0 Å². The molecule has 1 saturated heterocycles. The molecule has 21 heavy (non-hydrogen) atoms. The van der Waals surface area contributed by atoms with Crippen LogP contribution in [0.1, 0.15) is 39.5 Å². The zero-order valence-electron chi connectivity index (χ0n) is 13.0. The third-order valence-corrected chi connectivity index (χ3v) is 4.00. The minimum Gasteiger partial charge on any atom is -0.396 e. The van der Waals surface area contributed by atoms with Gasteiger partial charge in [0.2, 0.25) is 17.8 Å². The van der Waals surface area contributed by atoms with Gasteiger partial charge in [-0.25, -0.2) is 0 Å². The molecule has 3 N–H and O–H groups in total. The number of anilines is 3. The molecule has 0 aromatic carbocycles. The van der Waals surface area contributed by atoms with Gasteiger partial charge in [0.05, 0.1) is 0 Å². The molecule has 0 bridgehead atoms. The maximum absolute atomic E-state index is 9.02. The molecule has 2 rings (SSSR count). The van der Waals surface area contributed by atoms with Crippen LogP contribution in [0.25, 0.3) is 0 Å². The first kappa shape index (κ1) is 15.8. The monoisotopic (exact) mass is 294 g/mol. The number of aliphatic hydroxyl groups excluding tert-OH is 1. The summed E-state index contributed by atoms with van der Waals surface area (Å²) in [5.41, 5.74) is 5.86. The van der Waals surface area contributed by atoms with Crippen LogP contribution in [0.4, 0.5) is 17.8 Å². The second-order valence-corrected chi connectivity index (χ2v) is 5.32. The fraction of sp³-hybridized carbons (Fsp3) is 0.786. The van der Waals surface area contributed by atoms with E-state index in [9.17, 15) is 0 Å². The Labute approximate surface area is 126 Å². The van der Waals surface area contributed by atoms with Crippen LogP contribution in [0.3, 0.4) is 0 Å². The number of aromatic nitrogens is 3. The van der Waals surface area contributed by atoms with E-state index in [1.165, 1.54) is 0 Å². The largest absolute Gasteiger partial charge is 0.396 e. The Balaban J connectivity index is 2.22. The Morgan fingerprint density at radius 3 is 2.71 bits per heavy atom. The summed E-state index contributed by atoms with van der Waals surface area (Å²) in [6.07, 6.45) is 4.02. The molecular formula is C14H26N6O. The Kier molecular flexibility index (Phi) is 5.55. The van der Waals surface area contributed by atoms with Gasteiger partial charge in [0.1, 0.15) is 0 Å². The molecule has 1 aromatic rings. The summed E-state index contributed by atoms with van der Waals surface area (Å²) in [5.74, 6) is 1.59. The lowest BCUT2D eigenvalue weighted by Crippen LogP contribution is -2.33. The molecule has 118 valence electrons. The highest BCUT2D eigenvalue weighted by Gasteiger charge is 2.27. The Morgan fingerprint density at radius 2 is 2.05 bits per heavy atom. The standard InChI is InChI=1S/C14H26N6O/c1-3-19(4-2)13-16-12(15)17-14(18-13)20-9-5-7-11(20)8-6-10-21/h11,21H,3-10H2,1-2H3,(H2,15,16,17,18). The predicted octanol–water partition coefficient (Wildman–Crippen LogP) is 1.04. The summed E-state index contributed by atoms with van der Waals surface area (Å²) in [5, 5.41) is 9.02. The zero-order chi connectivity index (χ0) is 15.2. The fourth-order valence-corrected chi connectivity index (χ4v) is 2.87. The highest BCUT2D eigenvalue weighted by molar-refractivity contribution is 5.44. The van der Waals surface area contributed by atoms with Gasteiger partial charge in [-0.05, 0) is 39.5 Å². The van der Waals surface area contributed by atoms with E-state index in [1.807, 2.05) is 0 Å². The maximum Gasteiger partial charge on any atom is 0.232 e. The average Bonchev–Trinajstić information content (AvgIpc) is 2.94. The second-order valence-electron chi connectivity index (χ2n) is 5.32. The van der Waals surface area contributed by atoms with Gasteiger partial charge in [-0.3, -0.25) is 0 Å². The van der Waals surface area contributed by atoms with Gasteiger partial charge in [0.25, 0.3) is 0 Å². The summed E-state index contributed by atoms with van der Waals surface area (Å²) < 4.78 is 0. The normalized spacial score (nSPS) is 18.2. The molecule has 0 aliphatic carbocycles. The van der Waals surface area contributed by atoms with Crippen molar-refractivity contribution in [2.75, 3.05) is 41.8 Å². The van der Waals surface area contributed by atoms with Crippen LogP contribution in [-0.2, 0) is 0 Å². The van der Waals surface area contributed by atoms with Crippen LogP contribution in [0.5, 0.6) is 0 Å². The molecule has 7 nitrogen and oxygen atoms in total. The van der Waals surface area contributed by atoms with Gasteiger partial charge in [0, 0.05) is 32.3 Å². The number of aliphatic hydroxyl groups is 1. The lowest BCUT2D eigenvalue weighted by atomic mass is 10.1. The summed E-state index contributed by atoms with van der Waals surface area (Å²) in [6, 6.07) is 0.392. The summed E-state index contributed by atoms with van der Waals surface area (Å²) in [4.78, 5) is 17.4. The van der Waals surface area contributed by atoms with E-state index in [4.69, 9.17) is 10.8 Å². The third-order valence-electron chi connectivity index (χ3n) is 4.00. The topological polar surface area (TPSA) is 91.4 Å². The molecule has 1 aliphatic heterocycles. The van der Waals surface area contributed by atoms with E-state index in [2.05, 4.69) is 38.6 Å². The molecule has 1 aromatic heterocycles. The molecule has 1 fully saturated rings. The summed E-state index contributed by atoms with van der Waals surface area (Å²) >= 11 is 0. The van der Waals surface area contributed by atoms with Crippen LogP contribution in [0, 0.1) is 0 Å².